The molecule has 0 unspecified atom stereocenters. The minimum absolute atomic E-state index is 0.536. The van der Waals surface area contributed by atoms with Crippen LogP contribution in [0, 0.1) is 0 Å². The second-order valence-corrected chi connectivity index (χ2v) is 4.33. The third-order valence-electron chi connectivity index (χ3n) is 2.61. The van der Waals surface area contributed by atoms with Crippen LogP contribution in [0.5, 0.6) is 0 Å². The summed E-state index contributed by atoms with van der Waals surface area (Å²) >= 11 is 0. The van der Waals surface area contributed by atoms with Crippen LogP contribution in [0.1, 0.15) is 39.2 Å². The Kier molecular flexibility index (Phi) is 6.04. The van der Waals surface area contributed by atoms with Crippen molar-refractivity contribution in [1.82, 2.24) is 15.4 Å². The SMILES string of the molecule is CCCCN(NCc1ccncc1)C(C)C. The van der Waals surface area contributed by atoms with Gasteiger partial charge in [0.1, 0.15) is 0 Å². The Morgan fingerprint density at radius 1 is 1.31 bits per heavy atom. The Balaban J connectivity index is 2.38. The molecule has 0 bridgehead atoms. The molecule has 1 N–H and O–H groups in total. The van der Waals surface area contributed by atoms with E-state index in [9.17, 15) is 0 Å². The Morgan fingerprint density at radius 2 is 2.00 bits per heavy atom. The van der Waals surface area contributed by atoms with Crippen LogP contribution in [0.25, 0.3) is 0 Å². The summed E-state index contributed by atoms with van der Waals surface area (Å²) in [5, 5.41) is 2.31. The van der Waals surface area contributed by atoms with Crippen LogP contribution in [0.2, 0.25) is 0 Å². The zero-order chi connectivity index (χ0) is 11.8. The topological polar surface area (TPSA) is 28.2 Å². The molecule has 0 saturated heterocycles. The first-order chi connectivity index (χ1) is 7.74. The normalized spacial score (nSPS) is 11.3. The summed E-state index contributed by atoms with van der Waals surface area (Å²) < 4.78 is 0. The van der Waals surface area contributed by atoms with Crippen LogP contribution < -0.4 is 5.43 Å². The highest BCUT2D eigenvalue weighted by atomic mass is 15.5. The highest BCUT2D eigenvalue weighted by molar-refractivity contribution is 5.08. The largest absolute Gasteiger partial charge is 0.265 e. The fourth-order valence-electron chi connectivity index (χ4n) is 1.54. The van der Waals surface area contributed by atoms with Gasteiger partial charge in [-0.15, -0.1) is 0 Å². The molecule has 1 heterocycles. The smallest absolute Gasteiger partial charge is 0.0354 e. The van der Waals surface area contributed by atoms with Gasteiger partial charge in [0, 0.05) is 31.5 Å². The lowest BCUT2D eigenvalue weighted by molar-refractivity contribution is 0.137. The first kappa shape index (κ1) is 13.1. The van der Waals surface area contributed by atoms with Gasteiger partial charge in [-0.2, -0.15) is 0 Å². The van der Waals surface area contributed by atoms with Crippen molar-refractivity contribution in [3.63, 3.8) is 0 Å². The molecule has 1 aromatic heterocycles. The van der Waals surface area contributed by atoms with Gasteiger partial charge in [-0.05, 0) is 38.0 Å². The fourth-order valence-corrected chi connectivity index (χ4v) is 1.54. The number of rotatable bonds is 7. The maximum absolute atomic E-state index is 4.02. The predicted octanol–water partition coefficient (Wildman–Crippen LogP) is 2.60. The molecule has 3 nitrogen and oxygen atoms in total. The molecule has 0 aliphatic rings. The molecule has 0 radical (unpaired) electrons. The molecule has 1 rings (SSSR count). The maximum atomic E-state index is 4.02. The van der Waals surface area contributed by atoms with E-state index in [0.29, 0.717) is 6.04 Å². The zero-order valence-electron chi connectivity index (χ0n) is 10.6. The summed E-state index contributed by atoms with van der Waals surface area (Å²) in [5.41, 5.74) is 4.75. The van der Waals surface area contributed by atoms with Crippen LogP contribution in [-0.4, -0.2) is 22.6 Å². The lowest BCUT2D eigenvalue weighted by atomic mass is 10.2. The predicted molar refractivity (Wildman–Crippen MR) is 67.8 cm³/mol. The second kappa shape index (κ2) is 7.36. The summed E-state index contributed by atoms with van der Waals surface area (Å²) in [4.78, 5) is 4.02. The average Bonchev–Trinajstić information content (AvgIpc) is 2.30. The Labute approximate surface area is 98.9 Å². The van der Waals surface area contributed by atoms with Gasteiger partial charge < -0.3 is 0 Å². The Bertz CT molecular complexity index is 272. The van der Waals surface area contributed by atoms with Crippen LogP contribution in [0.3, 0.4) is 0 Å². The number of hydrogen-bond donors (Lipinski definition) is 1. The third kappa shape index (κ3) is 4.73. The molecule has 0 aliphatic carbocycles. The summed E-state index contributed by atoms with van der Waals surface area (Å²) in [6, 6.07) is 4.63. The summed E-state index contributed by atoms with van der Waals surface area (Å²) in [6.07, 6.45) is 6.15. The molecule has 0 saturated carbocycles. The molecule has 16 heavy (non-hydrogen) atoms. The highest BCUT2D eigenvalue weighted by Crippen LogP contribution is 2.01. The van der Waals surface area contributed by atoms with Gasteiger partial charge in [0.2, 0.25) is 0 Å². The standard InChI is InChI=1S/C13H23N3/c1-4-5-10-16(12(2)3)15-11-13-6-8-14-9-7-13/h6-9,12,15H,4-5,10-11H2,1-3H3. The van der Waals surface area contributed by atoms with Gasteiger partial charge in [0.05, 0.1) is 0 Å². The van der Waals surface area contributed by atoms with E-state index in [-0.39, 0.29) is 0 Å². The van der Waals surface area contributed by atoms with E-state index in [4.69, 9.17) is 0 Å². The lowest BCUT2D eigenvalue weighted by Crippen LogP contribution is -2.43. The minimum atomic E-state index is 0.536. The summed E-state index contributed by atoms with van der Waals surface area (Å²) in [5.74, 6) is 0. The Hall–Kier alpha value is -0.930. The monoisotopic (exact) mass is 221 g/mol. The quantitative estimate of drug-likeness (QED) is 0.717. The number of nitrogens with zero attached hydrogens (tertiary/aromatic N) is 2. The molecule has 0 amide bonds. The summed E-state index contributed by atoms with van der Waals surface area (Å²) in [7, 11) is 0. The maximum Gasteiger partial charge on any atom is 0.0354 e. The van der Waals surface area contributed by atoms with Crippen molar-refractivity contribution in [2.24, 2.45) is 0 Å². The van der Waals surface area contributed by atoms with Crippen LogP contribution >= 0.6 is 0 Å². The van der Waals surface area contributed by atoms with E-state index in [2.05, 4.69) is 36.2 Å². The molecular formula is C13H23N3. The van der Waals surface area contributed by atoms with Crippen molar-refractivity contribution in [2.75, 3.05) is 6.54 Å². The first-order valence-electron chi connectivity index (χ1n) is 6.13. The van der Waals surface area contributed by atoms with Crippen LogP contribution in [0.4, 0.5) is 0 Å². The number of hydrogen-bond acceptors (Lipinski definition) is 3. The molecule has 0 aliphatic heterocycles. The minimum Gasteiger partial charge on any atom is -0.265 e. The summed E-state index contributed by atoms with van der Waals surface area (Å²) in [6.45, 7) is 8.65. The molecule has 0 aromatic carbocycles. The molecular weight excluding hydrogens is 198 g/mol. The van der Waals surface area contributed by atoms with Gasteiger partial charge in [-0.25, -0.2) is 5.01 Å². The lowest BCUT2D eigenvalue weighted by Gasteiger charge is -2.27. The molecule has 0 fully saturated rings. The Morgan fingerprint density at radius 3 is 2.56 bits per heavy atom. The number of pyridine rings is 1. The van der Waals surface area contributed by atoms with Crippen molar-refractivity contribution in [2.45, 2.75) is 46.2 Å². The highest BCUT2D eigenvalue weighted by Gasteiger charge is 2.07. The number of hydrazine groups is 1. The van der Waals surface area contributed by atoms with E-state index in [0.717, 1.165) is 13.1 Å². The van der Waals surface area contributed by atoms with Crippen molar-refractivity contribution in [3.8, 4) is 0 Å². The van der Waals surface area contributed by atoms with Gasteiger partial charge in [-0.3, -0.25) is 10.4 Å². The van der Waals surface area contributed by atoms with Gasteiger partial charge in [0.15, 0.2) is 0 Å². The number of unbranched alkanes of at least 4 members (excludes halogenated alkanes) is 1. The molecule has 0 spiro atoms. The zero-order valence-corrected chi connectivity index (χ0v) is 10.6. The number of nitrogens with one attached hydrogen (secondary N) is 1. The second-order valence-electron chi connectivity index (χ2n) is 4.33. The third-order valence-corrected chi connectivity index (χ3v) is 2.61. The van der Waals surface area contributed by atoms with Gasteiger partial charge in [-0.1, -0.05) is 13.3 Å². The van der Waals surface area contributed by atoms with Crippen molar-refractivity contribution >= 4 is 0 Å². The van der Waals surface area contributed by atoms with E-state index in [1.165, 1.54) is 18.4 Å². The van der Waals surface area contributed by atoms with Gasteiger partial charge >= 0.3 is 0 Å². The van der Waals surface area contributed by atoms with E-state index < -0.39 is 0 Å². The average molecular weight is 221 g/mol. The van der Waals surface area contributed by atoms with Crippen LogP contribution in [0.15, 0.2) is 24.5 Å². The molecule has 1 aromatic rings. The van der Waals surface area contributed by atoms with Crippen molar-refractivity contribution < 1.29 is 0 Å². The molecule has 0 atom stereocenters. The molecule has 90 valence electrons. The van der Waals surface area contributed by atoms with Crippen LogP contribution in [-0.2, 0) is 6.54 Å². The van der Waals surface area contributed by atoms with E-state index in [1.54, 1.807) is 0 Å². The van der Waals surface area contributed by atoms with Crippen molar-refractivity contribution in [1.29, 1.82) is 0 Å². The van der Waals surface area contributed by atoms with E-state index >= 15 is 0 Å². The molecule has 3 heteroatoms. The first-order valence-corrected chi connectivity index (χ1v) is 6.13. The van der Waals surface area contributed by atoms with Gasteiger partial charge in [0.25, 0.3) is 0 Å². The number of aromatic nitrogens is 1. The fraction of sp³-hybridized carbons (Fsp3) is 0.615. The van der Waals surface area contributed by atoms with Crippen molar-refractivity contribution in [3.05, 3.63) is 30.1 Å². The van der Waals surface area contributed by atoms with E-state index in [1.807, 2.05) is 24.5 Å².